The lowest BCUT2D eigenvalue weighted by molar-refractivity contribution is -0.141. The van der Waals surface area contributed by atoms with E-state index in [1.807, 2.05) is 54.3 Å². The molecule has 0 aliphatic carbocycles. The van der Waals surface area contributed by atoms with E-state index < -0.39 is 0 Å². The molecule has 7 rings (SSSR count). The number of hydrogen-bond acceptors (Lipinski definition) is 14. The first kappa shape index (κ1) is 45.8. The zero-order chi connectivity index (χ0) is 45.0. The number of allylic oxidation sites excluding steroid dienone is 2. The van der Waals surface area contributed by atoms with Crippen LogP contribution in [0.25, 0.3) is 0 Å². The molecule has 2 fully saturated rings. The number of methoxy groups -OCH3 is 3. The van der Waals surface area contributed by atoms with Gasteiger partial charge in [-0.15, -0.1) is 0 Å². The topological polar surface area (TPSA) is 165 Å². The lowest BCUT2D eigenvalue weighted by Crippen LogP contribution is -2.35. The summed E-state index contributed by atoms with van der Waals surface area (Å²) < 4.78 is 51.6. The summed E-state index contributed by atoms with van der Waals surface area (Å²) in [4.78, 5) is 51.6. The van der Waals surface area contributed by atoms with Gasteiger partial charge in [-0.25, -0.2) is 0 Å². The van der Waals surface area contributed by atoms with Crippen molar-refractivity contribution in [1.82, 2.24) is 9.80 Å². The number of nitrogens with zero attached hydrogens (tertiary/aromatic N) is 4. The highest BCUT2D eigenvalue weighted by molar-refractivity contribution is 6.04. The fourth-order valence-electron chi connectivity index (χ4n) is 7.85. The van der Waals surface area contributed by atoms with Crippen LogP contribution in [0.1, 0.15) is 65.0 Å². The predicted octanol–water partition coefficient (Wildman–Crippen LogP) is 6.61. The van der Waals surface area contributed by atoms with Gasteiger partial charge in [0.2, 0.25) is 0 Å². The molecule has 0 unspecified atom stereocenters. The highest BCUT2D eigenvalue weighted by Crippen LogP contribution is 2.41. The van der Waals surface area contributed by atoms with Crippen LogP contribution < -0.4 is 23.7 Å². The first-order valence-electron chi connectivity index (χ1n) is 21.5. The van der Waals surface area contributed by atoms with Crippen LogP contribution in [0, 0.1) is 0 Å². The van der Waals surface area contributed by atoms with E-state index in [0.717, 1.165) is 24.0 Å². The van der Waals surface area contributed by atoms with Gasteiger partial charge in [-0.05, 0) is 68.1 Å². The SMILES string of the molecule is C/C=C1\C[C@H]2C=Nc3cc(OCc4cc(COc5cc6c(cc5OC)C(=O)N5C/C(=C/C)C[C@H]5C=N6)cc(OCCOCCOCCOCCC(=O)OC)c4)c(OC)cc3C(=O)N2C1. The van der Waals surface area contributed by atoms with Crippen molar-refractivity contribution in [2.24, 2.45) is 9.98 Å². The fourth-order valence-corrected chi connectivity index (χ4v) is 7.85. The number of fused-ring (bicyclic) bond motifs is 4. The maximum atomic E-state index is 13.7. The third-order valence-corrected chi connectivity index (χ3v) is 11.4. The molecule has 0 aromatic heterocycles. The van der Waals surface area contributed by atoms with Crippen LogP contribution in [0.3, 0.4) is 0 Å². The smallest absolute Gasteiger partial charge is 0.307 e. The molecule has 16 heteroatoms. The number of carbonyl (C=O) groups is 3. The number of ether oxygens (including phenoxy) is 9. The number of rotatable bonds is 21. The minimum atomic E-state index is -0.318. The molecule has 340 valence electrons. The zero-order valence-corrected chi connectivity index (χ0v) is 37.1. The van der Waals surface area contributed by atoms with Gasteiger partial charge in [0.15, 0.2) is 23.0 Å². The largest absolute Gasteiger partial charge is 0.493 e. The van der Waals surface area contributed by atoms with Crippen LogP contribution in [-0.4, -0.2) is 133 Å². The van der Waals surface area contributed by atoms with Gasteiger partial charge in [-0.2, -0.15) is 0 Å². The minimum Gasteiger partial charge on any atom is -0.493 e. The molecule has 0 saturated carbocycles. The second kappa shape index (κ2) is 21.9. The third kappa shape index (κ3) is 11.1. The molecule has 2 amide bonds. The van der Waals surface area contributed by atoms with Crippen molar-refractivity contribution >= 4 is 41.6 Å². The molecule has 64 heavy (non-hydrogen) atoms. The number of hydrogen-bond donors (Lipinski definition) is 0. The highest BCUT2D eigenvalue weighted by Gasteiger charge is 2.36. The van der Waals surface area contributed by atoms with Gasteiger partial charge in [0.1, 0.15) is 25.6 Å². The maximum absolute atomic E-state index is 13.7. The van der Waals surface area contributed by atoms with Crippen molar-refractivity contribution in [3.63, 3.8) is 0 Å². The number of aliphatic imine (C=N–C) groups is 2. The van der Waals surface area contributed by atoms with E-state index in [1.165, 1.54) is 18.3 Å². The van der Waals surface area contributed by atoms with Gasteiger partial charge in [0.25, 0.3) is 11.8 Å². The van der Waals surface area contributed by atoms with E-state index in [1.54, 1.807) is 38.5 Å². The molecule has 0 radical (unpaired) electrons. The van der Waals surface area contributed by atoms with Gasteiger partial charge in [0, 0.05) is 37.7 Å². The highest BCUT2D eigenvalue weighted by atomic mass is 16.6. The number of benzene rings is 3. The molecule has 2 saturated heterocycles. The van der Waals surface area contributed by atoms with E-state index in [4.69, 9.17) is 47.9 Å². The van der Waals surface area contributed by atoms with Crippen molar-refractivity contribution in [3.8, 4) is 28.7 Å². The van der Waals surface area contributed by atoms with Crippen molar-refractivity contribution < 1.29 is 57.0 Å². The molecule has 3 aromatic carbocycles. The van der Waals surface area contributed by atoms with Gasteiger partial charge >= 0.3 is 5.97 Å². The molecule has 4 aliphatic rings. The van der Waals surface area contributed by atoms with Gasteiger partial charge in [0.05, 0.1) is 102 Å². The summed E-state index contributed by atoms with van der Waals surface area (Å²) in [6.45, 7) is 7.69. The average Bonchev–Trinajstić information content (AvgIpc) is 3.89. The summed E-state index contributed by atoms with van der Waals surface area (Å²) in [6.07, 6.45) is 9.49. The molecule has 0 N–H and O–H groups in total. The van der Waals surface area contributed by atoms with Crippen LogP contribution in [0.4, 0.5) is 11.4 Å². The summed E-state index contributed by atoms with van der Waals surface area (Å²) in [5, 5.41) is 0. The van der Waals surface area contributed by atoms with Gasteiger partial charge in [-0.3, -0.25) is 24.4 Å². The average molecular weight is 881 g/mol. The third-order valence-electron chi connectivity index (χ3n) is 11.4. The Morgan fingerprint density at radius 1 is 0.609 bits per heavy atom. The molecule has 16 nitrogen and oxygen atoms in total. The Morgan fingerprint density at radius 2 is 1.08 bits per heavy atom. The van der Waals surface area contributed by atoms with E-state index in [0.29, 0.717) is 97.4 Å². The summed E-state index contributed by atoms with van der Waals surface area (Å²) >= 11 is 0. The first-order valence-corrected chi connectivity index (χ1v) is 21.5. The molecule has 0 spiro atoms. The van der Waals surface area contributed by atoms with Crippen molar-refractivity contribution in [3.05, 3.63) is 88.0 Å². The van der Waals surface area contributed by atoms with E-state index >= 15 is 0 Å². The van der Waals surface area contributed by atoms with Crippen molar-refractivity contribution in [1.29, 1.82) is 0 Å². The van der Waals surface area contributed by atoms with Gasteiger partial charge < -0.3 is 52.4 Å². The lowest BCUT2D eigenvalue weighted by atomic mass is 10.1. The Morgan fingerprint density at radius 3 is 1.53 bits per heavy atom. The monoisotopic (exact) mass is 880 g/mol. The molecule has 3 aromatic rings. The van der Waals surface area contributed by atoms with E-state index in [9.17, 15) is 14.4 Å². The quantitative estimate of drug-likeness (QED) is 0.0640. The molecular weight excluding hydrogens is 825 g/mol. The predicted molar refractivity (Wildman–Crippen MR) is 238 cm³/mol. The maximum Gasteiger partial charge on any atom is 0.307 e. The molecular formula is C48H56N4O12. The summed E-state index contributed by atoms with van der Waals surface area (Å²) in [5.74, 6) is 1.74. The lowest BCUT2D eigenvalue weighted by Gasteiger charge is -2.20. The van der Waals surface area contributed by atoms with Crippen LogP contribution in [0.5, 0.6) is 28.7 Å². The Balaban J connectivity index is 1.03. The van der Waals surface area contributed by atoms with Crippen LogP contribution in [0.15, 0.2) is 75.7 Å². The second-order valence-corrected chi connectivity index (χ2v) is 15.5. The Bertz CT molecular complexity index is 2170. The fraction of sp³-hybridized carbons (Fsp3) is 0.438. The number of carbonyl (C=O) groups excluding carboxylic acids is 3. The summed E-state index contributed by atoms with van der Waals surface area (Å²) in [5.41, 5.74) is 5.90. The zero-order valence-electron chi connectivity index (χ0n) is 37.1. The molecule has 4 aliphatic heterocycles. The first-order chi connectivity index (χ1) is 31.2. The van der Waals surface area contributed by atoms with Crippen molar-refractivity contribution in [2.75, 3.05) is 80.7 Å². The van der Waals surface area contributed by atoms with Gasteiger partial charge in [-0.1, -0.05) is 23.3 Å². The second-order valence-electron chi connectivity index (χ2n) is 15.5. The summed E-state index contributed by atoms with van der Waals surface area (Å²) in [7, 11) is 4.42. The molecule has 2 atom stereocenters. The van der Waals surface area contributed by atoms with Crippen LogP contribution in [0.2, 0.25) is 0 Å². The Labute approximate surface area is 373 Å². The van der Waals surface area contributed by atoms with E-state index in [2.05, 4.69) is 16.9 Å². The van der Waals surface area contributed by atoms with Crippen LogP contribution in [-0.2, 0) is 37.0 Å². The Hall–Kier alpha value is -6.23. The number of amides is 2. The van der Waals surface area contributed by atoms with Crippen molar-refractivity contribution in [2.45, 2.75) is 58.4 Å². The Kier molecular flexibility index (Phi) is 15.7. The van der Waals surface area contributed by atoms with Crippen LogP contribution >= 0.6 is 0 Å². The standard InChI is InChI=1S/C48H56N4O12/c1-6-31-17-35-25-49-40-23-44(42(56-3)21-38(40)47(54)51(35)27-31)63-29-33-16-34(20-37(19-33)62-15-14-61-13-12-60-11-10-59-9-8-46(53)58-5)30-64-45-24-41-39(22-43(45)57-4)48(55)52-28-32(7-2)18-36(52)26-50-41/h6-7,16,19-26,35-36H,8-15,17-18,27-30H2,1-5H3/b31-6+,32-7+/t35-,36-/m0/s1. The van der Waals surface area contributed by atoms with E-state index in [-0.39, 0.29) is 62.7 Å². The molecule has 4 heterocycles. The minimum absolute atomic E-state index is 0.100. The normalized spacial score (nSPS) is 18.6. The molecule has 0 bridgehead atoms. The number of esters is 1. The summed E-state index contributed by atoms with van der Waals surface area (Å²) in [6, 6.07) is 12.4.